The van der Waals surface area contributed by atoms with E-state index in [4.69, 9.17) is 5.11 Å². The number of hydrogen-bond acceptors (Lipinski definition) is 4. The van der Waals surface area contributed by atoms with Gasteiger partial charge in [0.15, 0.2) is 5.78 Å². The molecule has 1 unspecified atom stereocenters. The Labute approximate surface area is 116 Å². The number of carboxylic acid groups (broad SMARTS) is 1. The Kier molecular flexibility index (Phi) is 6.22. The highest BCUT2D eigenvalue weighted by atomic mass is 16.5. The molecule has 0 aliphatic rings. The summed E-state index contributed by atoms with van der Waals surface area (Å²) in [5.41, 5.74) is 0.855. The topological polar surface area (TPSA) is 92.7 Å². The van der Waals surface area contributed by atoms with Crippen LogP contribution in [0.2, 0.25) is 0 Å². The van der Waals surface area contributed by atoms with Crippen LogP contribution < -0.4 is 5.32 Å². The normalized spacial score (nSPS) is 11.4. The minimum atomic E-state index is -1.03. The molecule has 108 valence electrons. The molecule has 0 aliphatic carbocycles. The lowest BCUT2D eigenvalue weighted by atomic mass is 9.94. The van der Waals surface area contributed by atoms with Gasteiger partial charge in [0.05, 0.1) is 19.6 Å². The number of amides is 1. The summed E-state index contributed by atoms with van der Waals surface area (Å²) in [4.78, 5) is 33.6. The number of carbonyl (C=O) groups excluding carboxylic acids is 2. The molecule has 0 aliphatic heterocycles. The molecule has 1 rings (SSSR count). The van der Waals surface area contributed by atoms with Gasteiger partial charge in [-0.25, -0.2) is 4.79 Å². The van der Waals surface area contributed by atoms with Gasteiger partial charge in [-0.05, 0) is 12.0 Å². The Balaban J connectivity index is 2.53. The van der Waals surface area contributed by atoms with Crippen LogP contribution >= 0.6 is 0 Å². The van der Waals surface area contributed by atoms with Gasteiger partial charge in [-0.15, -0.1) is 0 Å². The number of carbonyl (C=O) groups is 3. The second kappa shape index (κ2) is 7.93. The lowest BCUT2D eigenvalue weighted by Crippen LogP contribution is -2.31. The molecule has 0 spiro atoms. The highest BCUT2D eigenvalue weighted by Crippen LogP contribution is 2.13. The third kappa shape index (κ3) is 5.51. The van der Waals surface area contributed by atoms with E-state index >= 15 is 0 Å². The van der Waals surface area contributed by atoms with Gasteiger partial charge in [0.25, 0.3) is 0 Å². The van der Waals surface area contributed by atoms with Crippen LogP contribution in [0, 0.1) is 5.92 Å². The molecule has 20 heavy (non-hydrogen) atoms. The third-order valence-corrected chi connectivity index (χ3v) is 2.76. The fourth-order valence-electron chi connectivity index (χ4n) is 1.74. The number of rotatable bonds is 7. The highest BCUT2D eigenvalue weighted by Gasteiger charge is 2.21. The molecule has 1 aromatic rings. The van der Waals surface area contributed by atoms with E-state index in [0.29, 0.717) is 0 Å². The van der Waals surface area contributed by atoms with Crippen LogP contribution in [-0.4, -0.2) is 36.6 Å². The van der Waals surface area contributed by atoms with Crippen molar-refractivity contribution in [3.63, 3.8) is 0 Å². The van der Waals surface area contributed by atoms with Gasteiger partial charge in [-0.2, -0.15) is 0 Å². The maximum Gasteiger partial charge on any atom is 0.407 e. The van der Waals surface area contributed by atoms with Gasteiger partial charge in [0.1, 0.15) is 0 Å². The molecule has 0 bridgehead atoms. The summed E-state index contributed by atoms with van der Waals surface area (Å²) in [7, 11) is 1.19. The smallest absolute Gasteiger partial charge is 0.407 e. The molecule has 0 aromatic heterocycles. The van der Waals surface area contributed by atoms with Crippen molar-refractivity contribution in [2.75, 3.05) is 13.7 Å². The number of nitrogens with one attached hydrogen (secondary N) is 1. The molecule has 0 radical (unpaired) electrons. The molecule has 1 aromatic carbocycles. The quantitative estimate of drug-likeness (QED) is 0.783. The van der Waals surface area contributed by atoms with Gasteiger partial charge in [0.2, 0.25) is 0 Å². The van der Waals surface area contributed by atoms with Crippen molar-refractivity contribution < 1.29 is 24.2 Å². The van der Waals surface area contributed by atoms with Crippen LogP contribution in [0.4, 0.5) is 4.79 Å². The van der Waals surface area contributed by atoms with E-state index in [9.17, 15) is 14.4 Å². The van der Waals surface area contributed by atoms with E-state index in [-0.39, 0.29) is 25.2 Å². The molecule has 6 heteroatoms. The number of hydrogen-bond donors (Lipinski definition) is 2. The zero-order valence-electron chi connectivity index (χ0n) is 11.2. The van der Waals surface area contributed by atoms with E-state index < -0.39 is 18.0 Å². The number of alkyl carbamates (subject to hydrolysis) is 1. The summed E-state index contributed by atoms with van der Waals surface area (Å²) >= 11 is 0. The lowest BCUT2D eigenvalue weighted by Gasteiger charge is -2.12. The predicted octanol–water partition coefficient (Wildman–Crippen LogP) is 1.25. The first-order chi connectivity index (χ1) is 9.52. The van der Waals surface area contributed by atoms with E-state index in [1.165, 1.54) is 7.11 Å². The molecule has 0 fully saturated rings. The number of benzene rings is 1. The number of ether oxygens (including phenoxy) is 1. The summed E-state index contributed by atoms with van der Waals surface area (Å²) in [6.07, 6.45) is -0.567. The first-order valence-electron chi connectivity index (χ1n) is 6.13. The zero-order valence-corrected chi connectivity index (χ0v) is 11.2. The molecular weight excluding hydrogens is 262 g/mol. The van der Waals surface area contributed by atoms with Gasteiger partial charge in [-0.1, -0.05) is 30.3 Å². The van der Waals surface area contributed by atoms with Crippen molar-refractivity contribution >= 4 is 17.8 Å². The maximum atomic E-state index is 11.6. The fourth-order valence-corrected chi connectivity index (χ4v) is 1.74. The number of Topliss-reactive ketones (excluding diaryl/α,β-unsaturated/α-hetero) is 1. The Morgan fingerprint density at radius 3 is 2.45 bits per heavy atom. The average Bonchev–Trinajstić information content (AvgIpc) is 2.45. The van der Waals surface area contributed by atoms with E-state index in [2.05, 4.69) is 10.1 Å². The van der Waals surface area contributed by atoms with Crippen LogP contribution in [0.15, 0.2) is 30.3 Å². The Hall–Kier alpha value is -2.37. The minimum absolute atomic E-state index is 0.131. The standard InChI is InChI=1S/C14H17NO5/c1-20-14(19)15-9-12(16)8-11(13(17)18)7-10-5-3-2-4-6-10/h2-6,11H,7-9H2,1H3,(H,15,19)(H,17,18). The number of aliphatic carboxylic acids is 1. The van der Waals surface area contributed by atoms with E-state index in [1.54, 1.807) is 0 Å². The lowest BCUT2D eigenvalue weighted by molar-refractivity contribution is -0.143. The van der Waals surface area contributed by atoms with Crippen molar-refractivity contribution in [2.45, 2.75) is 12.8 Å². The van der Waals surface area contributed by atoms with Gasteiger partial charge < -0.3 is 15.2 Å². The predicted molar refractivity (Wildman–Crippen MR) is 71.3 cm³/mol. The second-order valence-electron chi connectivity index (χ2n) is 4.31. The Morgan fingerprint density at radius 2 is 1.90 bits per heavy atom. The summed E-state index contributed by atoms with van der Waals surface area (Å²) in [6, 6.07) is 9.09. The van der Waals surface area contributed by atoms with Crippen LogP contribution in [0.25, 0.3) is 0 Å². The monoisotopic (exact) mass is 279 g/mol. The zero-order chi connectivity index (χ0) is 15.0. The molecule has 0 saturated heterocycles. The van der Waals surface area contributed by atoms with Crippen LogP contribution in [0.3, 0.4) is 0 Å². The van der Waals surface area contributed by atoms with E-state index in [1.807, 2.05) is 30.3 Å². The van der Waals surface area contributed by atoms with Crippen LogP contribution in [-0.2, 0) is 20.7 Å². The molecular formula is C14H17NO5. The van der Waals surface area contributed by atoms with E-state index in [0.717, 1.165) is 5.56 Å². The summed E-state index contributed by atoms with van der Waals surface area (Å²) in [5.74, 6) is -2.18. The molecule has 1 amide bonds. The molecule has 6 nitrogen and oxygen atoms in total. The maximum absolute atomic E-state index is 11.6. The molecule has 2 N–H and O–H groups in total. The van der Waals surface area contributed by atoms with Gasteiger partial charge in [-0.3, -0.25) is 9.59 Å². The van der Waals surface area contributed by atoms with Crippen molar-refractivity contribution in [1.82, 2.24) is 5.32 Å². The van der Waals surface area contributed by atoms with Gasteiger partial charge in [0, 0.05) is 6.42 Å². The van der Waals surface area contributed by atoms with Crippen molar-refractivity contribution in [2.24, 2.45) is 5.92 Å². The van der Waals surface area contributed by atoms with Crippen LogP contribution in [0.5, 0.6) is 0 Å². The summed E-state index contributed by atoms with van der Waals surface area (Å²) < 4.78 is 4.33. The fraction of sp³-hybridized carbons (Fsp3) is 0.357. The summed E-state index contributed by atoms with van der Waals surface area (Å²) in [5, 5.41) is 11.4. The largest absolute Gasteiger partial charge is 0.481 e. The molecule has 0 heterocycles. The average molecular weight is 279 g/mol. The molecule has 1 atom stereocenters. The molecule has 0 saturated carbocycles. The number of carboxylic acids is 1. The highest BCUT2D eigenvalue weighted by molar-refractivity contribution is 5.87. The first kappa shape index (κ1) is 15.7. The van der Waals surface area contributed by atoms with Crippen molar-refractivity contribution in [3.8, 4) is 0 Å². The minimum Gasteiger partial charge on any atom is -0.481 e. The Bertz CT molecular complexity index is 472. The SMILES string of the molecule is COC(=O)NCC(=O)CC(Cc1ccccc1)C(=O)O. The van der Waals surface area contributed by atoms with Crippen molar-refractivity contribution in [1.29, 1.82) is 0 Å². The second-order valence-corrected chi connectivity index (χ2v) is 4.31. The van der Waals surface area contributed by atoms with Crippen LogP contribution in [0.1, 0.15) is 12.0 Å². The van der Waals surface area contributed by atoms with Gasteiger partial charge >= 0.3 is 12.1 Å². The number of ketones is 1. The third-order valence-electron chi connectivity index (χ3n) is 2.76. The van der Waals surface area contributed by atoms with Crippen molar-refractivity contribution in [3.05, 3.63) is 35.9 Å². The first-order valence-corrected chi connectivity index (χ1v) is 6.13. The summed E-state index contributed by atoms with van der Waals surface area (Å²) in [6.45, 7) is -0.231. The number of methoxy groups -OCH3 is 1. The Morgan fingerprint density at radius 1 is 1.25 bits per heavy atom.